The van der Waals surface area contributed by atoms with E-state index in [-0.39, 0.29) is 5.91 Å². The number of para-hydroxylation sites is 2. The van der Waals surface area contributed by atoms with Crippen LogP contribution in [0.1, 0.15) is 23.4 Å². The van der Waals surface area contributed by atoms with E-state index >= 15 is 0 Å². The number of aromatic nitrogens is 2. The molecule has 0 saturated heterocycles. The molecule has 0 aliphatic heterocycles. The zero-order chi connectivity index (χ0) is 20.6. The van der Waals surface area contributed by atoms with E-state index in [0.29, 0.717) is 13.0 Å². The number of aryl methyl sites for hydroxylation is 3. The smallest absolute Gasteiger partial charge is 0.220 e. The predicted octanol–water partition coefficient (Wildman–Crippen LogP) is 4.57. The van der Waals surface area contributed by atoms with Crippen LogP contribution in [0.5, 0.6) is 0 Å². The van der Waals surface area contributed by atoms with Crippen molar-refractivity contribution < 1.29 is 4.79 Å². The van der Waals surface area contributed by atoms with E-state index in [1.54, 1.807) is 0 Å². The van der Waals surface area contributed by atoms with Crippen molar-refractivity contribution in [2.75, 3.05) is 6.54 Å². The lowest BCUT2D eigenvalue weighted by Gasteiger charge is -2.11. The maximum Gasteiger partial charge on any atom is 0.220 e. The molecule has 0 spiro atoms. The van der Waals surface area contributed by atoms with Crippen molar-refractivity contribution in [3.05, 3.63) is 102 Å². The third kappa shape index (κ3) is 5.15. The summed E-state index contributed by atoms with van der Waals surface area (Å²) in [6, 6.07) is 28.8. The average Bonchev–Trinajstić information content (AvgIpc) is 3.15. The predicted molar refractivity (Wildman–Crippen MR) is 121 cm³/mol. The molecule has 0 unspecified atom stereocenters. The second-order valence-electron chi connectivity index (χ2n) is 7.49. The molecule has 4 rings (SSSR count). The summed E-state index contributed by atoms with van der Waals surface area (Å²) in [4.78, 5) is 17.1. The standard InChI is InChI=1S/C26H27N3O/c30-26(18-16-22-11-5-2-6-12-22)27-19-20-29-24-14-8-7-13-23(24)28-25(29)17-15-21-9-3-1-4-10-21/h1-14H,15-20H2,(H,27,30). The highest BCUT2D eigenvalue weighted by Crippen LogP contribution is 2.17. The summed E-state index contributed by atoms with van der Waals surface area (Å²) in [5, 5.41) is 3.07. The van der Waals surface area contributed by atoms with Crippen LogP contribution in [0.4, 0.5) is 0 Å². The first-order chi connectivity index (χ1) is 14.8. The van der Waals surface area contributed by atoms with Crippen LogP contribution in [0, 0.1) is 0 Å². The summed E-state index contributed by atoms with van der Waals surface area (Å²) < 4.78 is 2.25. The number of fused-ring (bicyclic) bond motifs is 1. The SMILES string of the molecule is O=C(CCc1ccccc1)NCCn1c(CCc2ccccc2)nc2ccccc21. The highest BCUT2D eigenvalue weighted by molar-refractivity contribution is 5.77. The van der Waals surface area contributed by atoms with E-state index in [9.17, 15) is 4.79 Å². The van der Waals surface area contributed by atoms with Gasteiger partial charge in [0.25, 0.3) is 0 Å². The average molecular weight is 398 g/mol. The number of imidazole rings is 1. The van der Waals surface area contributed by atoms with Crippen molar-refractivity contribution in [3.8, 4) is 0 Å². The zero-order valence-electron chi connectivity index (χ0n) is 17.1. The Morgan fingerprint density at radius 2 is 1.40 bits per heavy atom. The van der Waals surface area contributed by atoms with Gasteiger partial charge in [-0.25, -0.2) is 4.98 Å². The summed E-state index contributed by atoms with van der Waals surface area (Å²) in [5.74, 6) is 1.16. The first-order valence-electron chi connectivity index (χ1n) is 10.6. The maximum atomic E-state index is 12.3. The molecule has 0 bridgehead atoms. The van der Waals surface area contributed by atoms with Gasteiger partial charge in [-0.15, -0.1) is 0 Å². The minimum atomic E-state index is 0.0918. The van der Waals surface area contributed by atoms with Gasteiger partial charge in [0.1, 0.15) is 5.82 Å². The molecule has 0 saturated carbocycles. The van der Waals surface area contributed by atoms with Gasteiger partial charge in [0.15, 0.2) is 0 Å². The third-order valence-corrected chi connectivity index (χ3v) is 5.35. The Balaban J connectivity index is 1.37. The topological polar surface area (TPSA) is 46.9 Å². The molecule has 30 heavy (non-hydrogen) atoms. The summed E-state index contributed by atoms with van der Waals surface area (Å²) >= 11 is 0. The first kappa shape index (κ1) is 19.9. The van der Waals surface area contributed by atoms with Gasteiger partial charge in [0.05, 0.1) is 11.0 Å². The number of hydrogen-bond acceptors (Lipinski definition) is 2. The quantitative estimate of drug-likeness (QED) is 0.450. The molecule has 3 aromatic carbocycles. The fourth-order valence-corrected chi connectivity index (χ4v) is 3.76. The van der Waals surface area contributed by atoms with Crippen LogP contribution in [0.25, 0.3) is 11.0 Å². The molecule has 1 N–H and O–H groups in total. The van der Waals surface area contributed by atoms with E-state index in [2.05, 4.69) is 58.4 Å². The summed E-state index contributed by atoms with van der Waals surface area (Å²) in [6.07, 6.45) is 3.10. The second-order valence-corrected chi connectivity index (χ2v) is 7.49. The normalized spacial score (nSPS) is 10.9. The van der Waals surface area contributed by atoms with Crippen molar-refractivity contribution in [2.24, 2.45) is 0 Å². The molecule has 0 fully saturated rings. The van der Waals surface area contributed by atoms with Crippen molar-refractivity contribution in [2.45, 2.75) is 32.2 Å². The van der Waals surface area contributed by atoms with E-state index in [4.69, 9.17) is 4.98 Å². The minimum Gasteiger partial charge on any atom is -0.354 e. The Hall–Kier alpha value is -3.40. The molecule has 0 aliphatic carbocycles. The van der Waals surface area contributed by atoms with Gasteiger partial charge >= 0.3 is 0 Å². The number of rotatable bonds is 9. The maximum absolute atomic E-state index is 12.3. The number of amides is 1. The Kier molecular flexibility index (Phi) is 6.55. The molecule has 1 aromatic heterocycles. The molecule has 152 valence electrons. The Bertz CT molecular complexity index is 1090. The monoisotopic (exact) mass is 397 g/mol. The van der Waals surface area contributed by atoms with Crippen molar-refractivity contribution in [1.82, 2.24) is 14.9 Å². The highest BCUT2D eigenvalue weighted by atomic mass is 16.1. The van der Waals surface area contributed by atoms with Crippen LogP contribution in [0.3, 0.4) is 0 Å². The summed E-state index contributed by atoms with van der Waals surface area (Å²) in [6.45, 7) is 1.33. The Morgan fingerprint density at radius 3 is 2.13 bits per heavy atom. The van der Waals surface area contributed by atoms with Crippen LogP contribution >= 0.6 is 0 Å². The molecular formula is C26H27N3O. The largest absolute Gasteiger partial charge is 0.354 e. The first-order valence-corrected chi connectivity index (χ1v) is 10.6. The van der Waals surface area contributed by atoms with E-state index in [1.165, 1.54) is 11.1 Å². The van der Waals surface area contributed by atoms with Gasteiger partial charge in [0.2, 0.25) is 5.91 Å². The lowest BCUT2D eigenvalue weighted by molar-refractivity contribution is -0.121. The van der Waals surface area contributed by atoms with Gasteiger partial charge in [-0.1, -0.05) is 72.8 Å². The van der Waals surface area contributed by atoms with Crippen molar-refractivity contribution in [3.63, 3.8) is 0 Å². The van der Waals surface area contributed by atoms with Gasteiger partial charge in [-0.3, -0.25) is 4.79 Å². The molecule has 4 nitrogen and oxygen atoms in total. The van der Waals surface area contributed by atoms with Crippen LogP contribution in [0.15, 0.2) is 84.9 Å². The Morgan fingerprint density at radius 1 is 0.767 bits per heavy atom. The third-order valence-electron chi connectivity index (χ3n) is 5.35. The minimum absolute atomic E-state index is 0.0918. The number of carbonyl (C=O) groups is 1. The lowest BCUT2D eigenvalue weighted by atomic mass is 10.1. The molecule has 0 radical (unpaired) electrons. The van der Waals surface area contributed by atoms with Crippen molar-refractivity contribution >= 4 is 16.9 Å². The van der Waals surface area contributed by atoms with Gasteiger partial charge in [-0.2, -0.15) is 0 Å². The van der Waals surface area contributed by atoms with E-state index in [1.807, 2.05) is 36.4 Å². The van der Waals surface area contributed by atoms with Gasteiger partial charge in [0, 0.05) is 25.9 Å². The summed E-state index contributed by atoms with van der Waals surface area (Å²) in [5.41, 5.74) is 4.64. The zero-order valence-corrected chi connectivity index (χ0v) is 17.1. The molecule has 0 aliphatic rings. The molecule has 1 amide bonds. The van der Waals surface area contributed by atoms with E-state index in [0.717, 1.165) is 42.7 Å². The van der Waals surface area contributed by atoms with Crippen LogP contribution < -0.4 is 5.32 Å². The van der Waals surface area contributed by atoms with Crippen molar-refractivity contribution in [1.29, 1.82) is 0 Å². The molecule has 4 aromatic rings. The molecule has 0 atom stereocenters. The molecule has 1 heterocycles. The fourth-order valence-electron chi connectivity index (χ4n) is 3.76. The summed E-state index contributed by atoms with van der Waals surface area (Å²) in [7, 11) is 0. The Labute approximate surface area is 177 Å². The van der Waals surface area contributed by atoms with Gasteiger partial charge < -0.3 is 9.88 Å². The second kappa shape index (κ2) is 9.88. The molecular weight excluding hydrogens is 370 g/mol. The number of nitrogens with zero attached hydrogens (tertiary/aromatic N) is 2. The lowest BCUT2D eigenvalue weighted by Crippen LogP contribution is -2.27. The van der Waals surface area contributed by atoms with Crippen LogP contribution in [0.2, 0.25) is 0 Å². The molecule has 4 heteroatoms. The number of benzene rings is 3. The number of nitrogens with one attached hydrogen (secondary N) is 1. The fraction of sp³-hybridized carbons (Fsp3) is 0.231. The highest BCUT2D eigenvalue weighted by Gasteiger charge is 2.11. The van der Waals surface area contributed by atoms with E-state index < -0.39 is 0 Å². The van der Waals surface area contributed by atoms with Gasteiger partial charge in [-0.05, 0) is 36.1 Å². The van der Waals surface area contributed by atoms with Crippen LogP contribution in [-0.2, 0) is 30.6 Å². The van der Waals surface area contributed by atoms with Crippen LogP contribution in [-0.4, -0.2) is 22.0 Å². The number of carbonyl (C=O) groups excluding carboxylic acids is 1. The number of hydrogen-bond donors (Lipinski definition) is 1.